The molecule has 3 rings (SSSR count). The number of fused-ring (bicyclic) bond motifs is 1. The lowest BCUT2D eigenvalue weighted by molar-refractivity contribution is -0.143. The summed E-state index contributed by atoms with van der Waals surface area (Å²) in [5.74, 6) is -0.338. The highest BCUT2D eigenvalue weighted by atomic mass is 32.2. The third-order valence-electron chi connectivity index (χ3n) is 4.51. The van der Waals surface area contributed by atoms with Crippen molar-refractivity contribution in [2.45, 2.75) is 18.4 Å². The number of carbonyl (C=O) groups excluding carboxylic acids is 2. The fraction of sp³-hybridized carbons (Fsp3) is 0.286. The molecule has 0 N–H and O–H groups in total. The lowest BCUT2D eigenvalue weighted by Crippen LogP contribution is -2.23. The van der Waals surface area contributed by atoms with Gasteiger partial charge in [0.05, 0.1) is 41.5 Å². The third-order valence-corrected chi connectivity index (χ3v) is 6.66. The Morgan fingerprint density at radius 2 is 1.84 bits per heavy atom. The molecule has 0 fully saturated rings. The highest BCUT2D eigenvalue weighted by Gasteiger charge is 2.17. The fourth-order valence-electron chi connectivity index (χ4n) is 2.99. The Hall–Kier alpha value is -3.18. The predicted molar refractivity (Wildman–Crippen MR) is 119 cm³/mol. The van der Waals surface area contributed by atoms with Crippen LogP contribution in [0.15, 0.2) is 46.3 Å². The molecule has 0 saturated carbocycles. The van der Waals surface area contributed by atoms with Gasteiger partial charge in [0.25, 0.3) is 5.91 Å². The highest BCUT2D eigenvalue weighted by Crippen LogP contribution is 2.25. The molecule has 32 heavy (non-hydrogen) atoms. The van der Waals surface area contributed by atoms with E-state index >= 15 is 0 Å². The summed E-state index contributed by atoms with van der Waals surface area (Å²) in [4.78, 5) is 29.7. The number of nitrogens with zero attached hydrogens (tertiary/aromatic N) is 2. The van der Waals surface area contributed by atoms with E-state index in [-0.39, 0.29) is 28.4 Å². The molecule has 0 aliphatic rings. The van der Waals surface area contributed by atoms with Crippen molar-refractivity contribution in [1.82, 2.24) is 4.57 Å². The number of aromatic nitrogens is 1. The van der Waals surface area contributed by atoms with E-state index in [2.05, 4.69) is 4.99 Å². The van der Waals surface area contributed by atoms with Gasteiger partial charge in [0.15, 0.2) is 14.6 Å². The first-order valence-corrected chi connectivity index (χ1v) is 12.2. The van der Waals surface area contributed by atoms with Crippen LogP contribution >= 0.6 is 11.3 Å². The minimum absolute atomic E-state index is 0.127. The minimum Gasteiger partial charge on any atom is -0.497 e. The first-order valence-electron chi connectivity index (χ1n) is 9.48. The summed E-state index contributed by atoms with van der Waals surface area (Å²) in [6.45, 7) is 1.70. The molecule has 0 bridgehead atoms. The summed E-state index contributed by atoms with van der Waals surface area (Å²) >= 11 is 1.09. The van der Waals surface area contributed by atoms with Gasteiger partial charge in [-0.2, -0.15) is 4.99 Å². The number of hydrogen-bond acceptors (Lipinski definition) is 8. The molecule has 0 saturated heterocycles. The number of ether oxygens (including phenoxy) is 3. The van der Waals surface area contributed by atoms with Crippen molar-refractivity contribution in [2.75, 3.05) is 27.1 Å². The van der Waals surface area contributed by atoms with Gasteiger partial charge in [0.1, 0.15) is 18.0 Å². The van der Waals surface area contributed by atoms with Gasteiger partial charge < -0.3 is 18.8 Å². The van der Waals surface area contributed by atoms with Gasteiger partial charge in [-0.15, -0.1) is 0 Å². The van der Waals surface area contributed by atoms with Crippen LogP contribution in [-0.2, 0) is 25.9 Å². The number of rotatable bonds is 7. The van der Waals surface area contributed by atoms with Crippen LogP contribution in [-0.4, -0.2) is 51.9 Å². The van der Waals surface area contributed by atoms with Crippen LogP contribution in [0.4, 0.5) is 0 Å². The molecule has 9 nitrogen and oxygen atoms in total. The van der Waals surface area contributed by atoms with E-state index < -0.39 is 21.7 Å². The molecule has 1 amide bonds. The molecule has 11 heteroatoms. The van der Waals surface area contributed by atoms with Crippen molar-refractivity contribution in [1.29, 1.82) is 0 Å². The van der Waals surface area contributed by atoms with Crippen molar-refractivity contribution in [3.8, 4) is 11.5 Å². The maximum Gasteiger partial charge on any atom is 0.326 e. The number of hydrogen-bond donors (Lipinski definition) is 0. The molecule has 0 spiro atoms. The molecule has 0 aliphatic carbocycles. The zero-order valence-electron chi connectivity index (χ0n) is 17.9. The fourth-order valence-corrected chi connectivity index (χ4v) is 4.78. The lowest BCUT2D eigenvalue weighted by atomic mass is 10.2. The van der Waals surface area contributed by atoms with E-state index in [0.717, 1.165) is 17.6 Å². The summed E-state index contributed by atoms with van der Waals surface area (Å²) < 4.78 is 41.5. The van der Waals surface area contributed by atoms with E-state index in [1.807, 2.05) is 0 Å². The van der Waals surface area contributed by atoms with Crippen molar-refractivity contribution in [3.63, 3.8) is 0 Å². The Kier molecular flexibility index (Phi) is 6.99. The number of carbonyl (C=O) groups is 2. The zero-order chi connectivity index (χ0) is 23.5. The van der Waals surface area contributed by atoms with Crippen LogP contribution in [0, 0.1) is 0 Å². The average Bonchev–Trinajstić information content (AvgIpc) is 3.08. The Balaban J connectivity index is 2.20. The molecule has 0 unspecified atom stereocenters. The molecule has 0 atom stereocenters. The number of methoxy groups -OCH3 is 2. The lowest BCUT2D eigenvalue weighted by Gasteiger charge is -2.08. The number of sulfone groups is 1. The van der Waals surface area contributed by atoms with Crippen molar-refractivity contribution in [2.24, 2.45) is 4.99 Å². The summed E-state index contributed by atoms with van der Waals surface area (Å²) in [5.41, 5.74) is 0.739. The second-order valence-electron chi connectivity index (χ2n) is 6.66. The topological polar surface area (TPSA) is 113 Å². The Morgan fingerprint density at radius 1 is 1.09 bits per heavy atom. The smallest absolute Gasteiger partial charge is 0.326 e. The Morgan fingerprint density at radius 3 is 2.47 bits per heavy atom. The van der Waals surface area contributed by atoms with E-state index in [0.29, 0.717) is 21.7 Å². The Labute approximate surface area is 188 Å². The van der Waals surface area contributed by atoms with E-state index in [1.54, 1.807) is 25.1 Å². The summed E-state index contributed by atoms with van der Waals surface area (Å²) in [5, 5.41) is 0. The van der Waals surface area contributed by atoms with Gasteiger partial charge in [-0.1, -0.05) is 11.3 Å². The normalized spacial score (nSPS) is 12.1. The van der Waals surface area contributed by atoms with Crippen LogP contribution in [0.1, 0.15) is 17.3 Å². The average molecular weight is 479 g/mol. The maximum absolute atomic E-state index is 13.0. The van der Waals surface area contributed by atoms with Gasteiger partial charge in [-0.25, -0.2) is 8.42 Å². The third kappa shape index (κ3) is 5.00. The maximum atomic E-state index is 13.0. The number of esters is 1. The van der Waals surface area contributed by atoms with Gasteiger partial charge in [-0.05, 0) is 43.3 Å². The molecule has 3 aromatic rings. The van der Waals surface area contributed by atoms with Crippen LogP contribution in [0.25, 0.3) is 10.2 Å². The standard InChI is InChI=1S/C21H22N2O7S2/c1-5-30-19(24)12-23-16-8-7-14(32(4,26)27)11-18(16)31-21(23)22-20(25)15-10-13(28-2)6-9-17(15)29-3/h6-11H,5,12H2,1-4H3. The number of thiazole rings is 1. The summed E-state index contributed by atoms with van der Waals surface area (Å²) in [7, 11) is -0.520. The summed E-state index contributed by atoms with van der Waals surface area (Å²) in [6, 6.07) is 9.28. The SMILES string of the molecule is CCOC(=O)Cn1c(=NC(=O)c2cc(OC)ccc2OC)sc2cc(S(C)(=O)=O)ccc21. The molecule has 0 radical (unpaired) electrons. The molecule has 0 aliphatic heterocycles. The highest BCUT2D eigenvalue weighted by molar-refractivity contribution is 7.90. The van der Waals surface area contributed by atoms with Crippen LogP contribution < -0.4 is 14.3 Å². The van der Waals surface area contributed by atoms with E-state index in [1.165, 1.54) is 37.0 Å². The largest absolute Gasteiger partial charge is 0.497 e. The van der Waals surface area contributed by atoms with Crippen molar-refractivity contribution in [3.05, 3.63) is 46.8 Å². The van der Waals surface area contributed by atoms with Gasteiger partial charge in [0.2, 0.25) is 0 Å². The molecular formula is C21H22N2O7S2. The van der Waals surface area contributed by atoms with Crippen molar-refractivity contribution < 1.29 is 32.2 Å². The van der Waals surface area contributed by atoms with Crippen LogP contribution in [0.3, 0.4) is 0 Å². The number of amides is 1. The molecule has 170 valence electrons. The second kappa shape index (κ2) is 9.53. The quantitative estimate of drug-likeness (QED) is 0.479. The molecule has 1 heterocycles. The van der Waals surface area contributed by atoms with Gasteiger partial charge >= 0.3 is 5.97 Å². The first-order chi connectivity index (χ1) is 15.2. The second-order valence-corrected chi connectivity index (χ2v) is 9.69. The monoisotopic (exact) mass is 478 g/mol. The van der Waals surface area contributed by atoms with Gasteiger partial charge in [0, 0.05) is 6.26 Å². The van der Waals surface area contributed by atoms with E-state index in [4.69, 9.17) is 14.2 Å². The van der Waals surface area contributed by atoms with E-state index in [9.17, 15) is 18.0 Å². The zero-order valence-corrected chi connectivity index (χ0v) is 19.6. The minimum atomic E-state index is -3.43. The first kappa shape index (κ1) is 23.5. The molecule has 2 aromatic carbocycles. The van der Waals surface area contributed by atoms with Gasteiger partial charge in [-0.3, -0.25) is 9.59 Å². The van der Waals surface area contributed by atoms with Crippen LogP contribution in [0.2, 0.25) is 0 Å². The Bertz CT molecular complexity index is 1350. The number of benzene rings is 2. The summed E-state index contributed by atoms with van der Waals surface area (Å²) in [6.07, 6.45) is 1.11. The molecule has 1 aromatic heterocycles. The van der Waals surface area contributed by atoms with Crippen molar-refractivity contribution >= 4 is 43.3 Å². The molecular weight excluding hydrogens is 456 g/mol. The van der Waals surface area contributed by atoms with Crippen LogP contribution in [0.5, 0.6) is 11.5 Å². The predicted octanol–water partition coefficient (Wildman–Crippen LogP) is 2.43.